The Balaban J connectivity index is 0.00000676. The Morgan fingerprint density at radius 3 is 1.90 bits per heavy atom. The van der Waals surface area contributed by atoms with Crippen molar-refractivity contribution in [1.29, 1.82) is 0 Å². The van der Waals surface area contributed by atoms with Crippen molar-refractivity contribution in [1.82, 2.24) is 14.5 Å². The number of hydrogen-bond donors (Lipinski definition) is 1. The van der Waals surface area contributed by atoms with Gasteiger partial charge in [-0.25, -0.2) is 4.98 Å². The maximum atomic E-state index is 12.5. The van der Waals surface area contributed by atoms with Crippen LogP contribution in [-0.2, 0) is 31.9 Å². The van der Waals surface area contributed by atoms with Crippen molar-refractivity contribution < 1.29 is 30.3 Å². The number of fused-ring (bicyclic) bond motifs is 1. The normalized spacial score (nSPS) is 12.8. The molecule has 5 heteroatoms. The quantitative estimate of drug-likeness (QED) is 0.147. The number of imidazole rings is 1. The Labute approximate surface area is 422 Å². The largest absolute Gasteiger partial charge is 0.507 e. The summed E-state index contributed by atoms with van der Waals surface area (Å²) in [7, 11) is 0. The number of para-hydroxylation sites is 1. The Hall–Kier alpha value is -6.35. The molecule has 9 aromatic rings. The maximum absolute atomic E-state index is 12.5. The summed E-state index contributed by atoms with van der Waals surface area (Å²) in [6.45, 7) is 19.9. The van der Waals surface area contributed by atoms with Crippen molar-refractivity contribution in [2.75, 3.05) is 0 Å². The summed E-state index contributed by atoms with van der Waals surface area (Å²) < 4.78 is 25.9. The number of phenolic OH excluding ortho intramolecular Hbond substituents is 1. The molecule has 0 saturated carbocycles. The van der Waals surface area contributed by atoms with E-state index in [4.69, 9.17) is 14.1 Å². The van der Waals surface area contributed by atoms with E-state index in [2.05, 4.69) is 177 Å². The molecule has 2 heterocycles. The summed E-state index contributed by atoms with van der Waals surface area (Å²) in [5.74, 6) is 1.17. The number of aryl methyl sites for hydroxylation is 1. The van der Waals surface area contributed by atoms with Crippen molar-refractivity contribution in [3.05, 3.63) is 192 Å². The number of nitrogens with zero attached hydrogens (tertiary/aromatic N) is 3. The van der Waals surface area contributed by atoms with Crippen LogP contribution < -0.4 is 0 Å². The predicted octanol–water partition coefficient (Wildman–Crippen LogP) is 17.1. The van der Waals surface area contributed by atoms with Crippen LogP contribution in [0.2, 0.25) is 0 Å². The van der Waals surface area contributed by atoms with E-state index in [-0.39, 0.29) is 49.5 Å². The topological polar surface area (TPSA) is 50.9 Å². The molecule has 0 amide bonds. The third-order valence-corrected chi connectivity index (χ3v) is 13.1. The molecule has 0 unspecified atom stereocenters. The zero-order valence-electron chi connectivity index (χ0n) is 43.8. The Morgan fingerprint density at radius 2 is 1.24 bits per heavy atom. The van der Waals surface area contributed by atoms with E-state index in [0.717, 1.165) is 83.6 Å². The molecule has 0 aliphatic carbocycles. The van der Waals surface area contributed by atoms with E-state index in [1.54, 1.807) is 18.3 Å². The average Bonchev–Trinajstić information content (AvgIpc) is 3.72. The summed E-state index contributed by atoms with van der Waals surface area (Å²) in [6, 6.07) is 55.9. The number of aromatic hydroxyl groups is 1. The molecule has 0 aliphatic heterocycles. The molecule has 0 fully saturated rings. The van der Waals surface area contributed by atoms with Crippen LogP contribution in [0.5, 0.6) is 5.75 Å². The van der Waals surface area contributed by atoms with Crippen LogP contribution in [0.15, 0.2) is 158 Å². The van der Waals surface area contributed by atoms with Gasteiger partial charge in [0.2, 0.25) is 0 Å². The van der Waals surface area contributed by atoms with E-state index in [1.807, 2.05) is 42.5 Å². The average molecular weight is 1080 g/mol. The molecule has 68 heavy (non-hydrogen) atoms. The van der Waals surface area contributed by atoms with Gasteiger partial charge < -0.3 is 5.11 Å². The van der Waals surface area contributed by atoms with E-state index >= 15 is 0 Å². The summed E-state index contributed by atoms with van der Waals surface area (Å²) in [4.78, 5) is 10.6. The minimum Gasteiger partial charge on any atom is -0.507 e. The van der Waals surface area contributed by atoms with Gasteiger partial charge in [-0.1, -0.05) is 207 Å². The van der Waals surface area contributed by atoms with Gasteiger partial charge in [0, 0.05) is 42.6 Å². The first-order valence-electron chi connectivity index (χ1n) is 25.0. The molecule has 0 bridgehead atoms. The Kier molecular flexibility index (Phi) is 12.3. The molecule has 0 radical (unpaired) electrons. The van der Waals surface area contributed by atoms with Crippen LogP contribution in [0.4, 0.5) is 0 Å². The number of phenols is 1. The van der Waals surface area contributed by atoms with Gasteiger partial charge >= 0.3 is 0 Å². The summed E-state index contributed by atoms with van der Waals surface area (Å²) in [5.41, 5.74) is 17.2. The molecular weight excluding hydrogens is 1010 g/mol. The summed E-state index contributed by atoms with van der Waals surface area (Å²) in [5, 5.41) is 12.5. The molecule has 0 spiro atoms. The third kappa shape index (κ3) is 9.54. The standard InChI is InChI=1S/C63H62N3O.Pt/c1-39(2)46-35-54(40(3)4)60(67)55(36-46)61-65-59-53(18-15-19-57(59)66(61)58-38-51(63(9,10)11)28-29-52(58)44-24-26-50(27-25-44)62(6,7)8)48-32-47(42-16-13-12-14-17-42)33-49(34-48)56-37-45(30-31-64-56)43-22-20-41(5)21-23-43;/h12-33,35-40,67H,1-11H3;/q-1;/i5D3;. The molecule has 0 atom stereocenters. The SMILES string of the molecule is [2H]C([2H])([2H])c1ccc(-c2ccnc(-c3[c-]c(-c4cccc5c4nc(-c4cc(C(C)C)cc(C(C)C)c4O)n5-c4cc(C(C)(C)C)ccc4-c4ccc(C(C)(C)C)cc4)cc(-c4ccccc4)c3)c2)cc1.[Pt]. The number of pyridine rings is 1. The van der Waals surface area contributed by atoms with Crippen LogP contribution in [0.3, 0.4) is 0 Å². The first-order valence-corrected chi connectivity index (χ1v) is 23.5. The second-order valence-corrected chi connectivity index (χ2v) is 20.6. The minimum atomic E-state index is -2.18. The summed E-state index contributed by atoms with van der Waals surface area (Å²) in [6.07, 6.45) is 1.79. The second-order valence-electron chi connectivity index (χ2n) is 20.6. The van der Waals surface area contributed by atoms with Gasteiger partial charge in [-0.05, 0) is 98.3 Å². The fourth-order valence-electron chi connectivity index (χ4n) is 9.01. The van der Waals surface area contributed by atoms with E-state index < -0.39 is 6.85 Å². The third-order valence-electron chi connectivity index (χ3n) is 13.1. The van der Waals surface area contributed by atoms with Gasteiger partial charge in [-0.15, -0.1) is 23.8 Å². The fourth-order valence-corrected chi connectivity index (χ4v) is 9.01. The van der Waals surface area contributed by atoms with E-state index in [1.165, 1.54) is 11.1 Å². The first-order chi connectivity index (χ1) is 33.2. The van der Waals surface area contributed by atoms with Crippen molar-refractivity contribution in [2.24, 2.45) is 0 Å². The fraction of sp³-hybridized carbons (Fsp3) is 0.238. The number of rotatable bonds is 9. The maximum Gasteiger partial charge on any atom is 0.148 e. The number of hydrogen-bond acceptors (Lipinski definition) is 3. The van der Waals surface area contributed by atoms with E-state index in [0.29, 0.717) is 17.0 Å². The second kappa shape index (κ2) is 19.0. The van der Waals surface area contributed by atoms with Crippen molar-refractivity contribution in [3.63, 3.8) is 0 Å². The van der Waals surface area contributed by atoms with Gasteiger partial charge in [0.1, 0.15) is 11.6 Å². The molecule has 0 saturated heterocycles. The molecule has 0 aliphatic rings. The zero-order chi connectivity index (χ0) is 49.9. The monoisotopic (exact) mass is 1070 g/mol. The molecule has 2 aromatic heterocycles. The molecule has 1 N–H and O–H groups in total. The van der Waals surface area contributed by atoms with Crippen LogP contribution in [0.1, 0.15) is 113 Å². The molecule has 9 rings (SSSR count). The van der Waals surface area contributed by atoms with Crippen molar-refractivity contribution in [3.8, 4) is 78.6 Å². The zero-order valence-corrected chi connectivity index (χ0v) is 43.0. The van der Waals surface area contributed by atoms with Gasteiger partial charge in [-0.3, -0.25) is 9.55 Å². The van der Waals surface area contributed by atoms with Crippen molar-refractivity contribution >= 4 is 11.0 Å². The van der Waals surface area contributed by atoms with Gasteiger partial charge in [0.05, 0.1) is 22.3 Å². The van der Waals surface area contributed by atoms with Crippen LogP contribution in [0.25, 0.3) is 83.9 Å². The van der Waals surface area contributed by atoms with Crippen LogP contribution >= 0.6 is 0 Å². The first kappa shape index (κ1) is 44.2. The smallest absolute Gasteiger partial charge is 0.148 e. The van der Waals surface area contributed by atoms with Crippen molar-refractivity contribution in [2.45, 2.75) is 98.8 Å². The molecule has 7 aromatic carbocycles. The van der Waals surface area contributed by atoms with Crippen LogP contribution in [-0.4, -0.2) is 19.6 Å². The van der Waals surface area contributed by atoms with Gasteiger partial charge in [0.25, 0.3) is 0 Å². The van der Waals surface area contributed by atoms with Crippen LogP contribution in [0, 0.1) is 12.9 Å². The minimum absolute atomic E-state index is 0. The molecular formula is C63H62N3OPt-. The summed E-state index contributed by atoms with van der Waals surface area (Å²) >= 11 is 0. The van der Waals surface area contributed by atoms with E-state index in [9.17, 15) is 5.11 Å². The van der Waals surface area contributed by atoms with Gasteiger partial charge in [-0.2, -0.15) is 0 Å². The predicted molar refractivity (Wildman–Crippen MR) is 282 cm³/mol. The number of benzene rings is 7. The van der Waals surface area contributed by atoms with Gasteiger partial charge in [0.15, 0.2) is 0 Å². The molecule has 346 valence electrons. The Morgan fingerprint density at radius 1 is 0.574 bits per heavy atom. The number of aromatic nitrogens is 3. The Bertz CT molecular complexity index is 3370. The molecule has 4 nitrogen and oxygen atoms in total.